The highest BCUT2D eigenvalue weighted by molar-refractivity contribution is 7.10. The van der Waals surface area contributed by atoms with E-state index in [0.29, 0.717) is 6.04 Å². The van der Waals surface area contributed by atoms with Gasteiger partial charge in [0.1, 0.15) is 0 Å². The zero-order valence-electron chi connectivity index (χ0n) is 11.3. The average molecular weight is 263 g/mol. The van der Waals surface area contributed by atoms with Gasteiger partial charge in [0.05, 0.1) is 5.69 Å². The summed E-state index contributed by atoms with van der Waals surface area (Å²) in [5.41, 5.74) is 2.38. The van der Waals surface area contributed by atoms with Crippen LogP contribution >= 0.6 is 11.3 Å². The molecule has 1 atom stereocenters. The molecule has 0 saturated carbocycles. The lowest BCUT2D eigenvalue weighted by Crippen LogP contribution is -2.24. The van der Waals surface area contributed by atoms with Gasteiger partial charge in [-0.25, -0.2) is 0 Å². The molecule has 98 valence electrons. The molecule has 1 N–H and O–H groups in total. The molecular formula is C14H21N3S. The lowest BCUT2D eigenvalue weighted by molar-refractivity contribution is 0.519. The van der Waals surface area contributed by atoms with Crippen molar-refractivity contribution in [3.63, 3.8) is 0 Å². The average Bonchev–Trinajstić information content (AvgIpc) is 2.95. The zero-order chi connectivity index (χ0) is 13.0. The zero-order valence-corrected chi connectivity index (χ0v) is 12.1. The second-order valence-corrected chi connectivity index (χ2v) is 5.61. The fourth-order valence-corrected chi connectivity index (χ4v) is 2.95. The predicted octanol–water partition coefficient (Wildman–Crippen LogP) is 3.07. The second kappa shape index (κ2) is 6.16. The number of thiophene rings is 1. The molecule has 2 heterocycles. The predicted molar refractivity (Wildman–Crippen MR) is 77.0 cm³/mol. The van der Waals surface area contributed by atoms with Crippen molar-refractivity contribution >= 4 is 11.3 Å². The molecule has 3 nitrogen and oxygen atoms in total. The topological polar surface area (TPSA) is 29.9 Å². The summed E-state index contributed by atoms with van der Waals surface area (Å²) < 4.78 is 1.99. The SMILES string of the molecule is CCCNC(Cc1cc(C)nn1C)c1cccs1. The third-order valence-corrected chi connectivity index (χ3v) is 4.03. The van der Waals surface area contributed by atoms with E-state index in [1.807, 2.05) is 30.0 Å². The van der Waals surface area contributed by atoms with E-state index < -0.39 is 0 Å². The molecule has 0 saturated heterocycles. The van der Waals surface area contributed by atoms with Crippen LogP contribution in [0.2, 0.25) is 0 Å². The van der Waals surface area contributed by atoms with Gasteiger partial charge in [0.25, 0.3) is 0 Å². The number of aromatic nitrogens is 2. The molecular weight excluding hydrogens is 242 g/mol. The minimum Gasteiger partial charge on any atom is -0.309 e. The van der Waals surface area contributed by atoms with Crippen molar-refractivity contribution < 1.29 is 0 Å². The van der Waals surface area contributed by atoms with Crippen molar-refractivity contribution in [3.8, 4) is 0 Å². The van der Waals surface area contributed by atoms with Crippen molar-refractivity contribution in [3.05, 3.63) is 39.8 Å². The molecule has 0 aliphatic carbocycles. The van der Waals surface area contributed by atoms with Crippen LogP contribution in [-0.4, -0.2) is 16.3 Å². The Labute approximate surface area is 113 Å². The number of hydrogen-bond acceptors (Lipinski definition) is 3. The normalized spacial score (nSPS) is 12.8. The lowest BCUT2D eigenvalue weighted by atomic mass is 10.1. The number of nitrogens with zero attached hydrogens (tertiary/aromatic N) is 2. The molecule has 4 heteroatoms. The van der Waals surface area contributed by atoms with Gasteiger partial charge in [-0.15, -0.1) is 11.3 Å². The molecule has 0 aliphatic rings. The molecule has 0 spiro atoms. The summed E-state index contributed by atoms with van der Waals surface area (Å²) in [5.74, 6) is 0. The van der Waals surface area contributed by atoms with Crippen molar-refractivity contribution in [2.45, 2.75) is 32.7 Å². The van der Waals surface area contributed by atoms with Crippen molar-refractivity contribution in [2.75, 3.05) is 6.54 Å². The summed E-state index contributed by atoms with van der Waals surface area (Å²) in [7, 11) is 2.02. The van der Waals surface area contributed by atoms with Gasteiger partial charge >= 0.3 is 0 Å². The van der Waals surface area contributed by atoms with Crippen molar-refractivity contribution in [1.29, 1.82) is 0 Å². The maximum absolute atomic E-state index is 4.42. The molecule has 2 aromatic rings. The summed E-state index contributed by atoms with van der Waals surface area (Å²) >= 11 is 1.82. The summed E-state index contributed by atoms with van der Waals surface area (Å²) in [5, 5.41) is 10.2. The van der Waals surface area contributed by atoms with Gasteiger partial charge in [-0.2, -0.15) is 5.10 Å². The van der Waals surface area contributed by atoms with E-state index in [0.717, 1.165) is 25.1 Å². The van der Waals surface area contributed by atoms with Gasteiger partial charge in [0, 0.05) is 30.1 Å². The minimum absolute atomic E-state index is 0.403. The van der Waals surface area contributed by atoms with E-state index in [9.17, 15) is 0 Å². The van der Waals surface area contributed by atoms with Crippen LogP contribution in [0.3, 0.4) is 0 Å². The number of hydrogen-bond donors (Lipinski definition) is 1. The molecule has 0 aliphatic heterocycles. The fraction of sp³-hybridized carbons (Fsp3) is 0.500. The van der Waals surface area contributed by atoms with E-state index in [2.05, 4.69) is 40.9 Å². The van der Waals surface area contributed by atoms with Crippen LogP contribution < -0.4 is 5.32 Å². The van der Waals surface area contributed by atoms with Crippen LogP contribution in [0.1, 0.15) is 35.7 Å². The maximum Gasteiger partial charge on any atom is 0.0596 e. The Bertz CT molecular complexity index is 473. The highest BCUT2D eigenvalue weighted by atomic mass is 32.1. The summed E-state index contributed by atoms with van der Waals surface area (Å²) in [6.45, 7) is 5.30. The van der Waals surface area contributed by atoms with Gasteiger partial charge in [-0.05, 0) is 37.4 Å². The van der Waals surface area contributed by atoms with Crippen molar-refractivity contribution in [2.24, 2.45) is 7.05 Å². The van der Waals surface area contributed by atoms with Crippen molar-refractivity contribution in [1.82, 2.24) is 15.1 Å². The first kappa shape index (κ1) is 13.3. The first-order chi connectivity index (χ1) is 8.70. The number of rotatable bonds is 6. The Hall–Kier alpha value is -1.13. The van der Waals surface area contributed by atoms with E-state index in [4.69, 9.17) is 0 Å². The smallest absolute Gasteiger partial charge is 0.0596 e. The molecule has 2 aromatic heterocycles. The van der Waals surface area contributed by atoms with E-state index in [1.54, 1.807) is 0 Å². The van der Waals surface area contributed by atoms with Gasteiger partial charge < -0.3 is 5.32 Å². The molecule has 0 bridgehead atoms. The molecule has 18 heavy (non-hydrogen) atoms. The Morgan fingerprint density at radius 1 is 1.50 bits per heavy atom. The monoisotopic (exact) mass is 263 g/mol. The second-order valence-electron chi connectivity index (χ2n) is 4.63. The Kier molecular flexibility index (Phi) is 4.55. The van der Waals surface area contributed by atoms with Crippen LogP contribution in [0.4, 0.5) is 0 Å². The molecule has 0 amide bonds. The van der Waals surface area contributed by atoms with Crippen LogP contribution in [0, 0.1) is 6.92 Å². The van der Waals surface area contributed by atoms with Gasteiger partial charge in [-0.3, -0.25) is 4.68 Å². The first-order valence-electron chi connectivity index (χ1n) is 6.47. The Morgan fingerprint density at radius 3 is 2.89 bits per heavy atom. The fourth-order valence-electron chi connectivity index (χ4n) is 2.15. The van der Waals surface area contributed by atoms with Crippen LogP contribution in [0.5, 0.6) is 0 Å². The van der Waals surface area contributed by atoms with Crippen LogP contribution in [-0.2, 0) is 13.5 Å². The van der Waals surface area contributed by atoms with Crippen LogP contribution in [0.25, 0.3) is 0 Å². The summed E-state index contributed by atoms with van der Waals surface area (Å²) in [6.07, 6.45) is 2.16. The summed E-state index contributed by atoms with van der Waals surface area (Å²) in [4.78, 5) is 1.40. The van der Waals surface area contributed by atoms with Gasteiger partial charge in [-0.1, -0.05) is 13.0 Å². The molecule has 0 aromatic carbocycles. The van der Waals surface area contributed by atoms with Crippen LogP contribution in [0.15, 0.2) is 23.6 Å². The minimum atomic E-state index is 0.403. The number of aryl methyl sites for hydroxylation is 2. The van der Waals surface area contributed by atoms with E-state index in [-0.39, 0.29) is 0 Å². The molecule has 0 radical (unpaired) electrons. The highest BCUT2D eigenvalue weighted by Crippen LogP contribution is 2.23. The molecule has 1 unspecified atom stereocenters. The number of nitrogens with one attached hydrogen (secondary N) is 1. The quantitative estimate of drug-likeness (QED) is 0.868. The third kappa shape index (κ3) is 3.21. The third-order valence-electron chi connectivity index (χ3n) is 3.04. The summed E-state index contributed by atoms with van der Waals surface area (Å²) in [6, 6.07) is 6.91. The largest absolute Gasteiger partial charge is 0.309 e. The lowest BCUT2D eigenvalue weighted by Gasteiger charge is -2.17. The highest BCUT2D eigenvalue weighted by Gasteiger charge is 2.14. The Morgan fingerprint density at radius 2 is 2.33 bits per heavy atom. The van der Waals surface area contributed by atoms with E-state index in [1.165, 1.54) is 10.6 Å². The Balaban J connectivity index is 2.12. The standard InChI is InChI=1S/C14H21N3S/c1-4-7-15-13(14-6-5-8-18-14)10-12-9-11(2)16-17(12)3/h5-6,8-9,13,15H,4,7,10H2,1-3H3. The maximum atomic E-state index is 4.42. The molecule has 0 fully saturated rings. The van der Waals surface area contributed by atoms with Gasteiger partial charge in [0.15, 0.2) is 0 Å². The molecule has 2 rings (SSSR count). The van der Waals surface area contributed by atoms with Gasteiger partial charge in [0.2, 0.25) is 0 Å². The van der Waals surface area contributed by atoms with E-state index >= 15 is 0 Å². The first-order valence-corrected chi connectivity index (χ1v) is 7.35.